The summed E-state index contributed by atoms with van der Waals surface area (Å²) in [5, 5.41) is 13.0. The Morgan fingerprint density at radius 3 is 2.92 bits per heavy atom. The van der Waals surface area contributed by atoms with Gasteiger partial charge in [0.15, 0.2) is 0 Å². The Bertz CT molecular complexity index is 1060. The zero-order valence-electron chi connectivity index (χ0n) is 20.9. The van der Waals surface area contributed by atoms with Gasteiger partial charge >= 0.3 is 5.97 Å². The molecule has 2 aromatic rings. The van der Waals surface area contributed by atoms with Crippen LogP contribution in [0.4, 0.5) is 15.9 Å². The van der Waals surface area contributed by atoms with E-state index in [2.05, 4.69) is 33.3 Å². The average Bonchev–Trinajstić information content (AvgIpc) is 3.28. The maximum absolute atomic E-state index is 15.8. The highest BCUT2D eigenvalue weighted by molar-refractivity contribution is 5.68. The standard InChI is InChI=1S/C28H37FN4O3/c29-28(9-8-24-7-6-21-4-2-11-30-27(21)31-24)10-12-32(20-28)19-23(18-26(34)35)22-3-1-5-25(17-22)33-13-15-36-16-14-33/h1,3,5-7,17,23H,2,4,8-16,18-20H2,(H,30,31)(H,34,35)/t23-,28+/m0/s1. The van der Waals surface area contributed by atoms with E-state index in [1.165, 1.54) is 5.56 Å². The quantitative estimate of drug-likeness (QED) is 0.546. The van der Waals surface area contributed by atoms with Gasteiger partial charge in [-0.25, -0.2) is 9.37 Å². The van der Waals surface area contributed by atoms with Crippen molar-refractivity contribution in [2.45, 2.75) is 50.1 Å². The molecule has 0 unspecified atom stereocenters. The first kappa shape index (κ1) is 25.0. The van der Waals surface area contributed by atoms with E-state index in [0.717, 1.165) is 55.2 Å². The van der Waals surface area contributed by atoms with E-state index in [4.69, 9.17) is 9.72 Å². The van der Waals surface area contributed by atoms with Crippen LogP contribution in [0.1, 0.15) is 48.4 Å². The third kappa shape index (κ3) is 6.16. The van der Waals surface area contributed by atoms with Crippen LogP contribution < -0.4 is 10.2 Å². The number of pyridine rings is 1. The van der Waals surface area contributed by atoms with E-state index in [1.54, 1.807) is 0 Å². The number of carboxylic acid groups (broad SMARTS) is 1. The molecular weight excluding hydrogens is 459 g/mol. The van der Waals surface area contributed by atoms with Crippen LogP contribution in [0.3, 0.4) is 0 Å². The molecule has 2 atom stereocenters. The van der Waals surface area contributed by atoms with Gasteiger partial charge in [-0.05, 0) is 61.4 Å². The molecule has 0 aliphatic carbocycles. The number of carboxylic acids is 1. The minimum absolute atomic E-state index is 0.0361. The van der Waals surface area contributed by atoms with Crippen LogP contribution in [0.2, 0.25) is 0 Å². The van der Waals surface area contributed by atoms with Gasteiger partial charge in [0.2, 0.25) is 0 Å². The van der Waals surface area contributed by atoms with E-state index < -0.39 is 11.6 Å². The van der Waals surface area contributed by atoms with E-state index in [0.29, 0.717) is 52.1 Å². The first-order valence-corrected chi connectivity index (χ1v) is 13.3. The molecular formula is C28H37FN4O3. The number of rotatable bonds is 9. The Morgan fingerprint density at radius 2 is 2.08 bits per heavy atom. The summed E-state index contributed by atoms with van der Waals surface area (Å²) in [5.41, 5.74) is 3.01. The van der Waals surface area contributed by atoms with Crippen molar-refractivity contribution in [1.29, 1.82) is 0 Å². The van der Waals surface area contributed by atoms with Crippen LogP contribution in [0.25, 0.3) is 0 Å². The van der Waals surface area contributed by atoms with Gasteiger partial charge in [-0.2, -0.15) is 0 Å². The fourth-order valence-corrected chi connectivity index (χ4v) is 5.74. The summed E-state index contributed by atoms with van der Waals surface area (Å²) >= 11 is 0. The molecule has 1 aromatic heterocycles. The van der Waals surface area contributed by atoms with Crippen molar-refractivity contribution >= 4 is 17.5 Å². The number of aliphatic carboxylic acids is 1. The number of benzene rings is 1. The number of nitrogens with zero attached hydrogens (tertiary/aromatic N) is 3. The van der Waals surface area contributed by atoms with Crippen LogP contribution in [-0.4, -0.2) is 79.1 Å². The first-order valence-electron chi connectivity index (χ1n) is 13.3. The predicted octanol–water partition coefficient (Wildman–Crippen LogP) is 3.88. The van der Waals surface area contributed by atoms with Gasteiger partial charge < -0.3 is 20.1 Å². The van der Waals surface area contributed by atoms with E-state index in [-0.39, 0.29) is 12.3 Å². The number of hydrogen-bond acceptors (Lipinski definition) is 6. The molecule has 3 aliphatic heterocycles. The van der Waals surface area contributed by atoms with E-state index >= 15 is 4.39 Å². The number of nitrogens with one attached hydrogen (secondary N) is 1. The molecule has 5 rings (SSSR count). The molecule has 8 heteroatoms. The number of likely N-dealkylation sites (tertiary alicyclic amines) is 1. The molecule has 0 radical (unpaired) electrons. The van der Waals surface area contributed by atoms with Crippen molar-refractivity contribution in [3.8, 4) is 0 Å². The summed E-state index contributed by atoms with van der Waals surface area (Å²) in [5.74, 6) is -0.0515. The molecule has 2 fully saturated rings. The summed E-state index contributed by atoms with van der Waals surface area (Å²) in [6.07, 6.45) is 3.73. The molecule has 0 spiro atoms. The van der Waals surface area contributed by atoms with Crippen LogP contribution in [0, 0.1) is 0 Å². The SMILES string of the molecule is O=C(O)C[C@@H](CN1CC[C@](F)(CCc2ccc3c(n2)NCCC3)C1)c1cccc(N2CCOCC2)c1. The van der Waals surface area contributed by atoms with Gasteiger partial charge in [0.25, 0.3) is 0 Å². The molecule has 36 heavy (non-hydrogen) atoms. The Kier molecular flexibility index (Phi) is 7.72. The number of ether oxygens (including phenoxy) is 1. The van der Waals surface area contributed by atoms with Gasteiger partial charge in [0, 0.05) is 56.6 Å². The Balaban J connectivity index is 1.21. The summed E-state index contributed by atoms with van der Waals surface area (Å²) in [4.78, 5) is 20.8. The Hall–Kier alpha value is -2.71. The monoisotopic (exact) mass is 496 g/mol. The fourth-order valence-electron chi connectivity index (χ4n) is 5.74. The minimum atomic E-state index is -1.27. The molecule has 2 saturated heterocycles. The number of hydrogen-bond donors (Lipinski definition) is 2. The van der Waals surface area contributed by atoms with Crippen molar-refractivity contribution in [2.75, 3.05) is 62.7 Å². The molecule has 0 amide bonds. The maximum Gasteiger partial charge on any atom is 0.304 e. The smallest absolute Gasteiger partial charge is 0.304 e. The van der Waals surface area contributed by atoms with Crippen LogP contribution >= 0.6 is 0 Å². The zero-order valence-corrected chi connectivity index (χ0v) is 20.9. The predicted molar refractivity (Wildman–Crippen MR) is 139 cm³/mol. The molecule has 2 N–H and O–H groups in total. The number of aromatic nitrogens is 1. The van der Waals surface area contributed by atoms with Crippen LogP contribution in [0.15, 0.2) is 36.4 Å². The van der Waals surface area contributed by atoms with Crippen LogP contribution in [-0.2, 0) is 22.4 Å². The minimum Gasteiger partial charge on any atom is -0.481 e. The van der Waals surface area contributed by atoms with Gasteiger partial charge in [0.1, 0.15) is 11.5 Å². The van der Waals surface area contributed by atoms with Gasteiger partial charge in [0.05, 0.1) is 19.6 Å². The number of aryl methyl sites for hydroxylation is 2. The lowest BCUT2D eigenvalue weighted by molar-refractivity contribution is -0.137. The van der Waals surface area contributed by atoms with Crippen molar-refractivity contribution in [3.05, 3.63) is 53.2 Å². The molecule has 0 saturated carbocycles. The number of fused-ring (bicyclic) bond motifs is 1. The van der Waals surface area contributed by atoms with Crippen molar-refractivity contribution in [1.82, 2.24) is 9.88 Å². The highest BCUT2D eigenvalue weighted by Crippen LogP contribution is 2.34. The largest absolute Gasteiger partial charge is 0.481 e. The second kappa shape index (κ2) is 11.1. The molecule has 3 aliphatic rings. The molecule has 0 bridgehead atoms. The molecule has 7 nitrogen and oxygen atoms in total. The number of carbonyl (C=O) groups is 1. The Morgan fingerprint density at radius 1 is 1.22 bits per heavy atom. The van der Waals surface area contributed by atoms with Crippen molar-refractivity contribution in [2.24, 2.45) is 0 Å². The number of anilines is 2. The molecule has 4 heterocycles. The Labute approximate surface area is 212 Å². The topological polar surface area (TPSA) is 77.9 Å². The van der Waals surface area contributed by atoms with Gasteiger partial charge in [-0.3, -0.25) is 9.69 Å². The first-order chi connectivity index (χ1) is 17.5. The summed E-state index contributed by atoms with van der Waals surface area (Å²) in [6, 6.07) is 12.3. The van der Waals surface area contributed by atoms with Crippen molar-refractivity contribution < 1.29 is 19.0 Å². The van der Waals surface area contributed by atoms with Gasteiger partial charge in [-0.1, -0.05) is 18.2 Å². The summed E-state index contributed by atoms with van der Waals surface area (Å²) < 4.78 is 21.3. The lowest BCUT2D eigenvalue weighted by Gasteiger charge is -2.30. The van der Waals surface area contributed by atoms with E-state index in [9.17, 15) is 9.90 Å². The molecule has 1 aromatic carbocycles. The van der Waals surface area contributed by atoms with Crippen molar-refractivity contribution in [3.63, 3.8) is 0 Å². The third-order valence-corrected chi connectivity index (χ3v) is 7.78. The molecule has 194 valence electrons. The fraction of sp³-hybridized carbons (Fsp3) is 0.571. The number of morpholine rings is 1. The van der Waals surface area contributed by atoms with Gasteiger partial charge in [-0.15, -0.1) is 0 Å². The number of alkyl halides is 1. The van der Waals surface area contributed by atoms with E-state index in [1.807, 2.05) is 18.2 Å². The normalized spacial score (nSPS) is 23.2. The average molecular weight is 497 g/mol. The summed E-state index contributed by atoms with van der Waals surface area (Å²) in [7, 11) is 0. The second-order valence-corrected chi connectivity index (χ2v) is 10.5. The lowest BCUT2D eigenvalue weighted by atomic mass is 9.94. The lowest BCUT2D eigenvalue weighted by Crippen LogP contribution is -2.36. The highest BCUT2D eigenvalue weighted by Gasteiger charge is 2.39. The highest BCUT2D eigenvalue weighted by atomic mass is 19.1. The maximum atomic E-state index is 15.8. The second-order valence-electron chi connectivity index (χ2n) is 10.5. The zero-order chi connectivity index (χ0) is 25.0. The summed E-state index contributed by atoms with van der Waals surface area (Å²) in [6.45, 7) is 5.55. The number of halogens is 1. The third-order valence-electron chi connectivity index (χ3n) is 7.78. The van der Waals surface area contributed by atoms with Crippen LogP contribution in [0.5, 0.6) is 0 Å².